The standard InChI is InChI=1S/C16H14N4O2S2/c21-15-14(24-16(23)20(15)19-5-7-22-8-6-19)10-11-1-2-12-13(9-11)18-4-3-17-12/h1-4,9-10H,5-8H2/b14-10+. The van der Waals surface area contributed by atoms with Crippen LogP contribution >= 0.6 is 24.0 Å². The van der Waals surface area contributed by atoms with Gasteiger partial charge < -0.3 is 4.74 Å². The van der Waals surface area contributed by atoms with Crippen LogP contribution in [-0.2, 0) is 9.53 Å². The third-order valence-corrected chi connectivity index (χ3v) is 5.12. The predicted octanol–water partition coefficient (Wildman–Crippen LogP) is 2.08. The third kappa shape index (κ3) is 2.93. The van der Waals surface area contributed by atoms with E-state index in [1.165, 1.54) is 11.8 Å². The van der Waals surface area contributed by atoms with E-state index in [0.717, 1.165) is 16.6 Å². The maximum atomic E-state index is 12.7. The number of carbonyl (C=O) groups is 1. The van der Waals surface area contributed by atoms with Crippen molar-refractivity contribution in [1.29, 1.82) is 0 Å². The molecule has 122 valence electrons. The van der Waals surface area contributed by atoms with Crippen molar-refractivity contribution in [1.82, 2.24) is 20.0 Å². The van der Waals surface area contributed by atoms with E-state index in [9.17, 15) is 4.79 Å². The smallest absolute Gasteiger partial charge is 0.280 e. The van der Waals surface area contributed by atoms with Gasteiger partial charge >= 0.3 is 0 Å². The van der Waals surface area contributed by atoms with Crippen molar-refractivity contribution in [3.05, 3.63) is 41.1 Å². The molecule has 4 rings (SSSR count). The summed E-state index contributed by atoms with van der Waals surface area (Å²) in [7, 11) is 0. The van der Waals surface area contributed by atoms with E-state index in [0.29, 0.717) is 35.5 Å². The van der Waals surface area contributed by atoms with E-state index in [1.54, 1.807) is 17.4 Å². The van der Waals surface area contributed by atoms with Gasteiger partial charge in [-0.25, -0.2) is 10.0 Å². The van der Waals surface area contributed by atoms with Crippen LogP contribution in [0.15, 0.2) is 35.5 Å². The van der Waals surface area contributed by atoms with Crippen molar-refractivity contribution in [3.63, 3.8) is 0 Å². The van der Waals surface area contributed by atoms with Crippen LogP contribution in [0.5, 0.6) is 0 Å². The van der Waals surface area contributed by atoms with Crippen LogP contribution in [-0.4, -0.2) is 56.5 Å². The lowest BCUT2D eigenvalue weighted by molar-refractivity contribution is -0.138. The van der Waals surface area contributed by atoms with Crippen molar-refractivity contribution in [2.75, 3.05) is 26.3 Å². The number of morpholine rings is 1. The number of aromatic nitrogens is 2. The van der Waals surface area contributed by atoms with Gasteiger partial charge in [-0.3, -0.25) is 14.8 Å². The van der Waals surface area contributed by atoms with Gasteiger partial charge in [0.05, 0.1) is 29.2 Å². The van der Waals surface area contributed by atoms with E-state index in [1.807, 2.05) is 29.3 Å². The number of ether oxygens (including phenoxy) is 1. The fourth-order valence-corrected chi connectivity index (χ4v) is 3.99. The van der Waals surface area contributed by atoms with E-state index >= 15 is 0 Å². The molecule has 8 heteroatoms. The van der Waals surface area contributed by atoms with Crippen LogP contribution in [0.2, 0.25) is 0 Å². The van der Waals surface area contributed by atoms with Gasteiger partial charge in [-0.1, -0.05) is 30.0 Å². The fraction of sp³-hybridized carbons (Fsp3) is 0.250. The molecule has 0 N–H and O–H groups in total. The molecule has 2 saturated heterocycles. The highest BCUT2D eigenvalue weighted by molar-refractivity contribution is 8.26. The Hall–Kier alpha value is -1.87. The normalized spacial score (nSPS) is 21.2. The number of carbonyl (C=O) groups excluding carboxylic acids is 1. The molecule has 0 saturated carbocycles. The van der Waals surface area contributed by atoms with Crippen LogP contribution in [0.25, 0.3) is 17.1 Å². The molecule has 1 aromatic heterocycles. The largest absolute Gasteiger partial charge is 0.379 e. The summed E-state index contributed by atoms with van der Waals surface area (Å²) in [5.74, 6) is -0.0776. The summed E-state index contributed by atoms with van der Waals surface area (Å²) in [6.07, 6.45) is 5.17. The summed E-state index contributed by atoms with van der Waals surface area (Å²) in [6, 6.07) is 5.75. The average molecular weight is 358 g/mol. The number of hydrogen-bond donors (Lipinski definition) is 0. The minimum atomic E-state index is -0.0776. The molecular formula is C16H14N4O2S2. The van der Waals surface area contributed by atoms with E-state index in [2.05, 4.69) is 9.97 Å². The summed E-state index contributed by atoms with van der Waals surface area (Å²) in [5.41, 5.74) is 2.54. The third-order valence-electron chi connectivity index (χ3n) is 3.83. The van der Waals surface area contributed by atoms with Gasteiger partial charge in [-0.05, 0) is 23.8 Å². The first kappa shape index (κ1) is 15.6. The average Bonchev–Trinajstić information content (AvgIpc) is 2.89. The number of nitrogens with zero attached hydrogens (tertiary/aromatic N) is 4. The van der Waals surface area contributed by atoms with Gasteiger partial charge in [0, 0.05) is 25.5 Å². The lowest BCUT2D eigenvalue weighted by atomic mass is 10.2. The molecule has 0 bridgehead atoms. The number of fused-ring (bicyclic) bond motifs is 1. The first-order valence-corrected chi connectivity index (χ1v) is 8.76. The molecule has 2 aliphatic heterocycles. The van der Waals surface area contributed by atoms with Gasteiger partial charge in [0.25, 0.3) is 5.91 Å². The van der Waals surface area contributed by atoms with E-state index in [-0.39, 0.29) is 5.91 Å². The van der Waals surface area contributed by atoms with Gasteiger partial charge in [0.1, 0.15) is 0 Å². The highest BCUT2D eigenvalue weighted by Gasteiger charge is 2.36. The fourth-order valence-electron chi connectivity index (χ4n) is 2.68. The maximum Gasteiger partial charge on any atom is 0.280 e. The molecule has 0 unspecified atom stereocenters. The molecule has 2 fully saturated rings. The van der Waals surface area contributed by atoms with Crippen LogP contribution < -0.4 is 0 Å². The molecular weight excluding hydrogens is 344 g/mol. The lowest BCUT2D eigenvalue weighted by Gasteiger charge is -2.33. The quantitative estimate of drug-likeness (QED) is 0.602. The zero-order valence-electron chi connectivity index (χ0n) is 12.7. The summed E-state index contributed by atoms with van der Waals surface area (Å²) in [4.78, 5) is 21.9. The van der Waals surface area contributed by atoms with E-state index in [4.69, 9.17) is 17.0 Å². The second kappa shape index (κ2) is 6.56. The number of thioether (sulfide) groups is 1. The first-order chi connectivity index (χ1) is 11.7. The number of hydrogen-bond acceptors (Lipinski definition) is 7. The molecule has 24 heavy (non-hydrogen) atoms. The highest BCUT2D eigenvalue weighted by Crippen LogP contribution is 2.34. The van der Waals surface area contributed by atoms with Crippen molar-refractivity contribution in [3.8, 4) is 0 Å². The second-order valence-electron chi connectivity index (χ2n) is 5.36. The molecule has 6 nitrogen and oxygen atoms in total. The minimum Gasteiger partial charge on any atom is -0.379 e. The second-order valence-corrected chi connectivity index (χ2v) is 7.04. The Morgan fingerprint density at radius 3 is 2.71 bits per heavy atom. The number of amides is 1. The van der Waals surface area contributed by atoms with Crippen LogP contribution in [0.4, 0.5) is 0 Å². The number of benzene rings is 1. The Morgan fingerprint density at radius 2 is 1.92 bits per heavy atom. The molecule has 2 aliphatic rings. The minimum absolute atomic E-state index is 0.0776. The molecule has 0 atom stereocenters. The van der Waals surface area contributed by atoms with Crippen molar-refractivity contribution in [2.45, 2.75) is 0 Å². The summed E-state index contributed by atoms with van der Waals surface area (Å²) in [6.45, 7) is 2.56. The van der Waals surface area contributed by atoms with Crippen molar-refractivity contribution >= 4 is 51.3 Å². The highest BCUT2D eigenvalue weighted by atomic mass is 32.2. The Kier molecular flexibility index (Phi) is 4.28. The molecule has 0 radical (unpaired) electrons. The molecule has 1 amide bonds. The van der Waals surface area contributed by atoms with Gasteiger partial charge in [-0.2, -0.15) is 0 Å². The van der Waals surface area contributed by atoms with Gasteiger partial charge in [-0.15, -0.1) is 0 Å². The molecule has 2 aromatic rings. The predicted molar refractivity (Wildman–Crippen MR) is 96.9 cm³/mol. The first-order valence-electron chi connectivity index (χ1n) is 7.54. The Balaban J connectivity index is 1.62. The summed E-state index contributed by atoms with van der Waals surface area (Å²) < 4.78 is 5.90. The Bertz CT molecular complexity index is 849. The number of rotatable bonds is 2. The SMILES string of the molecule is O=C1/C(=C\c2ccc3nccnc3c2)SC(=S)N1N1CCOCC1. The molecule has 0 aliphatic carbocycles. The topological polar surface area (TPSA) is 58.6 Å². The van der Waals surface area contributed by atoms with Crippen molar-refractivity contribution in [2.24, 2.45) is 0 Å². The maximum absolute atomic E-state index is 12.7. The molecule has 3 heterocycles. The van der Waals surface area contributed by atoms with Crippen LogP contribution in [0.3, 0.4) is 0 Å². The van der Waals surface area contributed by atoms with Crippen LogP contribution in [0, 0.1) is 0 Å². The zero-order chi connectivity index (χ0) is 16.5. The van der Waals surface area contributed by atoms with Crippen molar-refractivity contribution < 1.29 is 9.53 Å². The Morgan fingerprint density at radius 1 is 1.17 bits per heavy atom. The number of thiocarbonyl (C=S) groups is 1. The summed E-state index contributed by atoms with van der Waals surface area (Å²) in [5, 5.41) is 3.54. The van der Waals surface area contributed by atoms with Gasteiger partial charge in [0.2, 0.25) is 0 Å². The van der Waals surface area contributed by atoms with Gasteiger partial charge in [0.15, 0.2) is 4.32 Å². The number of hydrazine groups is 1. The monoisotopic (exact) mass is 358 g/mol. The molecule has 0 spiro atoms. The lowest BCUT2D eigenvalue weighted by Crippen LogP contribution is -2.50. The van der Waals surface area contributed by atoms with Crippen LogP contribution in [0.1, 0.15) is 5.56 Å². The Labute approximate surface area is 148 Å². The summed E-state index contributed by atoms with van der Waals surface area (Å²) >= 11 is 6.72. The molecule has 1 aromatic carbocycles. The van der Waals surface area contributed by atoms with E-state index < -0.39 is 0 Å². The zero-order valence-corrected chi connectivity index (χ0v) is 14.3.